The molecule has 2 amide bonds. The molecule has 0 bridgehead atoms. The molecule has 0 atom stereocenters. The number of ether oxygens (including phenoxy) is 1. The van der Waals surface area contributed by atoms with Gasteiger partial charge in [0.2, 0.25) is 0 Å². The molecule has 5 nitrogen and oxygen atoms in total. The first kappa shape index (κ1) is 21.2. The number of halogens is 3. The van der Waals surface area contributed by atoms with E-state index in [1.165, 1.54) is 23.5 Å². The van der Waals surface area contributed by atoms with E-state index in [2.05, 4.69) is 15.0 Å². The third-order valence-corrected chi connectivity index (χ3v) is 5.11. The highest BCUT2D eigenvalue weighted by Gasteiger charge is 2.15. The molecule has 1 heterocycles. The Bertz CT molecular complexity index is 827. The summed E-state index contributed by atoms with van der Waals surface area (Å²) in [5.41, 5.74) is 2.40. The Kier molecular flexibility index (Phi) is 7.14. The van der Waals surface area contributed by atoms with Crippen LogP contribution in [0.25, 0.3) is 0 Å². The molecule has 2 aromatic carbocycles. The molecule has 0 unspecified atom stereocenters. The molecule has 0 spiro atoms. The predicted octanol–water partition coefficient (Wildman–Crippen LogP) is 5.60. The number of benzene rings is 2. The summed E-state index contributed by atoms with van der Waals surface area (Å²) in [6, 6.07) is 11.4. The molecule has 0 aliphatic carbocycles. The maximum absolute atomic E-state index is 12.5. The highest BCUT2D eigenvalue weighted by Crippen LogP contribution is 2.31. The number of rotatable bonds is 6. The Balaban J connectivity index is 1.57. The molecule has 1 aliphatic heterocycles. The lowest BCUT2D eigenvalue weighted by molar-refractivity contribution is -0.0498. The minimum atomic E-state index is -2.86. The number of hydrogen-bond acceptors (Lipinski definition) is 3. The molecule has 29 heavy (non-hydrogen) atoms. The minimum absolute atomic E-state index is 0.0827. The molecule has 156 valence electrons. The number of amides is 2. The number of hydrogen-bond donors (Lipinski definition) is 1. The van der Waals surface area contributed by atoms with E-state index in [0.29, 0.717) is 17.3 Å². The zero-order chi connectivity index (χ0) is 20.8. The van der Waals surface area contributed by atoms with Crippen LogP contribution in [0.5, 0.6) is 5.75 Å². The first-order chi connectivity index (χ1) is 13.9. The van der Waals surface area contributed by atoms with Crippen molar-refractivity contribution in [3.8, 4) is 5.75 Å². The van der Waals surface area contributed by atoms with Crippen molar-refractivity contribution in [3.05, 3.63) is 53.1 Å². The average molecular weight is 424 g/mol. The van der Waals surface area contributed by atoms with E-state index in [9.17, 15) is 13.6 Å². The van der Waals surface area contributed by atoms with Gasteiger partial charge in [-0.25, -0.2) is 4.79 Å². The van der Waals surface area contributed by atoms with E-state index in [1.807, 2.05) is 12.1 Å². The first-order valence-electron chi connectivity index (χ1n) is 9.53. The molecule has 3 rings (SSSR count). The van der Waals surface area contributed by atoms with Crippen LogP contribution in [-0.2, 0) is 6.54 Å². The van der Waals surface area contributed by atoms with Crippen LogP contribution in [0.3, 0.4) is 0 Å². The SMILES string of the molecule is CN(Cc1ccc(OC(F)F)cc1)C(=O)Nc1ccc(N2CCCCC2)c(Cl)c1. The lowest BCUT2D eigenvalue weighted by atomic mass is 10.1. The van der Waals surface area contributed by atoms with Crippen LogP contribution in [0.15, 0.2) is 42.5 Å². The Hall–Kier alpha value is -2.54. The molecule has 0 radical (unpaired) electrons. The lowest BCUT2D eigenvalue weighted by Gasteiger charge is -2.29. The molecule has 0 aromatic heterocycles. The highest BCUT2D eigenvalue weighted by molar-refractivity contribution is 6.33. The molecule has 1 saturated heterocycles. The topological polar surface area (TPSA) is 44.8 Å². The van der Waals surface area contributed by atoms with Crippen LogP contribution in [0.2, 0.25) is 5.02 Å². The number of anilines is 2. The van der Waals surface area contributed by atoms with Crippen molar-refractivity contribution >= 4 is 29.0 Å². The maximum atomic E-state index is 12.5. The van der Waals surface area contributed by atoms with Gasteiger partial charge < -0.3 is 19.9 Å². The van der Waals surface area contributed by atoms with Gasteiger partial charge in [0.25, 0.3) is 0 Å². The van der Waals surface area contributed by atoms with Crippen molar-refractivity contribution in [2.24, 2.45) is 0 Å². The van der Waals surface area contributed by atoms with E-state index < -0.39 is 6.61 Å². The van der Waals surface area contributed by atoms with Crippen molar-refractivity contribution in [1.29, 1.82) is 0 Å². The molecular weight excluding hydrogens is 400 g/mol. The average Bonchev–Trinajstić information content (AvgIpc) is 2.70. The Labute approximate surface area is 174 Å². The standard InChI is InChI=1S/C21H24ClF2N3O2/c1-26(14-15-5-8-17(9-6-15)29-20(23)24)21(28)25-16-7-10-19(18(22)13-16)27-11-3-2-4-12-27/h5-10,13,20H,2-4,11-12,14H2,1H3,(H,25,28). The van der Waals surface area contributed by atoms with Crippen LogP contribution in [0.4, 0.5) is 25.0 Å². The maximum Gasteiger partial charge on any atom is 0.387 e. The van der Waals surface area contributed by atoms with Gasteiger partial charge in [0.05, 0.1) is 10.7 Å². The van der Waals surface area contributed by atoms with Crippen LogP contribution in [0.1, 0.15) is 24.8 Å². The summed E-state index contributed by atoms with van der Waals surface area (Å²) in [7, 11) is 1.66. The second-order valence-corrected chi connectivity index (χ2v) is 7.43. The van der Waals surface area contributed by atoms with Gasteiger partial charge >= 0.3 is 12.6 Å². The zero-order valence-corrected chi connectivity index (χ0v) is 17.0. The normalized spacial score (nSPS) is 14.0. The quantitative estimate of drug-likeness (QED) is 0.658. The minimum Gasteiger partial charge on any atom is -0.435 e. The summed E-state index contributed by atoms with van der Waals surface area (Å²) in [5.74, 6) is 0.0827. The Morgan fingerprint density at radius 2 is 1.86 bits per heavy atom. The predicted molar refractivity (Wildman–Crippen MR) is 111 cm³/mol. The number of carbonyl (C=O) groups excluding carboxylic acids is 1. The van der Waals surface area contributed by atoms with E-state index in [4.69, 9.17) is 11.6 Å². The van der Waals surface area contributed by atoms with Crippen LogP contribution in [0, 0.1) is 0 Å². The molecule has 1 aliphatic rings. The van der Waals surface area contributed by atoms with Gasteiger partial charge in [-0.15, -0.1) is 0 Å². The summed E-state index contributed by atoms with van der Waals surface area (Å²) < 4.78 is 28.7. The number of nitrogens with one attached hydrogen (secondary N) is 1. The third-order valence-electron chi connectivity index (χ3n) is 4.81. The van der Waals surface area contributed by atoms with Gasteiger partial charge in [0, 0.05) is 32.4 Å². The van der Waals surface area contributed by atoms with Crippen molar-refractivity contribution in [3.63, 3.8) is 0 Å². The first-order valence-corrected chi connectivity index (χ1v) is 9.90. The van der Waals surface area contributed by atoms with Crippen molar-refractivity contribution in [1.82, 2.24) is 4.90 Å². The monoisotopic (exact) mass is 423 g/mol. The van der Waals surface area contributed by atoms with Gasteiger partial charge in [0.1, 0.15) is 5.75 Å². The van der Waals surface area contributed by atoms with Crippen LogP contribution in [-0.4, -0.2) is 37.7 Å². The zero-order valence-electron chi connectivity index (χ0n) is 16.2. The summed E-state index contributed by atoms with van der Waals surface area (Å²) in [6.07, 6.45) is 3.57. The van der Waals surface area contributed by atoms with Crippen molar-refractivity contribution < 1.29 is 18.3 Å². The Morgan fingerprint density at radius 3 is 2.48 bits per heavy atom. The summed E-state index contributed by atoms with van der Waals surface area (Å²) >= 11 is 6.43. The number of alkyl halides is 2. The molecule has 2 aromatic rings. The van der Waals surface area contributed by atoms with Gasteiger partial charge in [0.15, 0.2) is 0 Å². The summed E-state index contributed by atoms with van der Waals surface area (Å²) in [6.45, 7) is -0.548. The van der Waals surface area contributed by atoms with Crippen LogP contribution < -0.4 is 15.0 Å². The number of piperidine rings is 1. The fourth-order valence-corrected chi connectivity index (χ4v) is 3.62. The van der Waals surface area contributed by atoms with Crippen molar-refractivity contribution in [2.45, 2.75) is 32.4 Å². The van der Waals surface area contributed by atoms with E-state index in [1.54, 1.807) is 25.2 Å². The number of urea groups is 1. The fourth-order valence-electron chi connectivity index (χ4n) is 3.32. The van der Waals surface area contributed by atoms with Gasteiger partial charge in [-0.2, -0.15) is 8.78 Å². The molecule has 1 fully saturated rings. The highest BCUT2D eigenvalue weighted by atomic mass is 35.5. The molecular formula is C21H24ClF2N3O2. The molecule has 0 saturated carbocycles. The number of nitrogens with zero attached hydrogens (tertiary/aromatic N) is 2. The lowest BCUT2D eigenvalue weighted by Crippen LogP contribution is -2.31. The largest absolute Gasteiger partial charge is 0.435 e. The van der Waals surface area contributed by atoms with E-state index in [-0.39, 0.29) is 11.8 Å². The second kappa shape index (κ2) is 9.78. The summed E-state index contributed by atoms with van der Waals surface area (Å²) in [5, 5.41) is 3.44. The molecule has 1 N–H and O–H groups in total. The summed E-state index contributed by atoms with van der Waals surface area (Å²) in [4.78, 5) is 16.2. The van der Waals surface area contributed by atoms with E-state index in [0.717, 1.165) is 37.2 Å². The fraction of sp³-hybridized carbons (Fsp3) is 0.381. The van der Waals surface area contributed by atoms with Crippen molar-refractivity contribution in [2.75, 3.05) is 30.4 Å². The Morgan fingerprint density at radius 1 is 1.17 bits per heavy atom. The molecule has 8 heteroatoms. The number of carbonyl (C=O) groups is 1. The van der Waals surface area contributed by atoms with Gasteiger partial charge in [-0.05, 0) is 55.2 Å². The van der Waals surface area contributed by atoms with Crippen LogP contribution >= 0.6 is 11.6 Å². The second-order valence-electron chi connectivity index (χ2n) is 7.02. The van der Waals surface area contributed by atoms with Gasteiger partial charge in [-0.3, -0.25) is 0 Å². The smallest absolute Gasteiger partial charge is 0.387 e. The third kappa shape index (κ3) is 5.97. The van der Waals surface area contributed by atoms with Gasteiger partial charge in [-0.1, -0.05) is 23.7 Å². The van der Waals surface area contributed by atoms with E-state index >= 15 is 0 Å².